The van der Waals surface area contributed by atoms with Gasteiger partial charge in [0.05, 0.1) is 0 Å². The van der Waals surface area contributed by atoms with Crippen LogP contribution in [0.5, 0.6) is 0 Å². The Morgan fingerprint density at radius 1 is 1.36 bits per heavy atom. The predicted octanol–water partition coefficient (Wildman–Crippen LogP) is 0.290. The van der Waals surface area contributed by atoms with Crippen molar-refractivity contribution in [3.63, 3.8) is 0 Å². The Morgan fingerprint density at radius 3 is 2.64 bits per heavy atom. The molecule has 0 radical (unpaired) electrons. The molecule has 0 spiro atoms. The topological polar surface area (TPSA) is 51.2 Å². The first kappa shape index (κ1) is 7.85. The molecule has 0 heterocycles. The predicted molar refractivity (Wildman–Crippen MR) is 37.9 cm³/mol. The van der Waals surface area contributed by atoms with Crippen molar-refractivity contribution in [2.24, 2.45) is 5.92 Å². The minimum Gasteiger partial charge on any atom is -0.303 e. The van der Waals surface area contributed by atoms with Gasteiger partial charge in [0.25, 0.3) is 0 Å². The van der Waals surface area contributed by atoms with Crippen LogP contribution in [0.1, 0.15) is 12.8 Å². The lowest BCUT2D eigenvalue weighted by molar-refractivity contribution is -0.120. The zero-order valence-electron chi connectivity index (χ0n) is 5.95. The minimum atomic E-state index is -0.285. The fourth-order valence-electron chi connectivity index (χ4n) is 1.14. The summed E-state index contributed by atoms with van der Waals surface area (Å²) in [4.78, 5) is 31.3. The van der Waals surface area contributed by atoms with Gasteiger partial charge in [-0.2, -0.15) is 0 Å². The van der Waals surface area contributed by atoms with Gasteiger partial charge in [-0.15, -0.1) is 0 Å². The average molecular weight is 152 g/mol. The first-order valence-corrected chi connectivity index (χ1v) is 3.40. The zero-order chi connectivity index (χ0) is 8.27. The standard InChI is InChI=1S/C8H8O3/c9-4-6-1-7(5-10)3-8(11)2-6/h2,4-5,7H,1,3H2. The van der Waals surface area contributed by atoms with Crippen molar-refractivity contribution < 1.29 is 14.4 Å². The lowest BCUT2D eigenvalue weighted by atomic mass is 9.90. The molecule has 0 aromatic rings. The van der Waals surface area contributed by atoms with E-state index < -0.39 is 0 Å². The quantitative estimate of drug-likeness (QED) is 0.534. The molecule has 1 atom stereocenters. The number of allylic oxidation sites excluding steroid dienone is 2. The second-order valence-electron chi connectivity index (χ2n) is 2.61. The third kappa shape index (κ3) is 1.83. The summed E-state index contributed by atoms with van der Waals surface area (Å²) in [6, 6.07) is 0. The zero-order valence-corrected chi connectivity index (χ0v) is 5.95. The fraction of sp³-hybridized carbons (Fsp3) is 0.375. The molecule has 0 fully saturated rings. The maximum absolute atomic E-state index is 10.8. The van der Waals surface area contributed by atoms with E-state index in [1.54, 1.807) is 0 Å². The Bertz CT molecular complexity index is 227. The molecule has 0 saturated carbocycles. The second-order valence-corrected chi connectivity index (χ2v) is 2.61. The van der Waals surface area contributed by atoms with Crippen LogP contribution >= 0.6 is 0 Å². The molecule has 0 saturated heterocycles. The summed E-state index contributed by atoms with van der Waals surface area (Å²) in [6.07, 6.45) is 3.34. The van der Waals surface area contributed by atoms with Gasteiger partial charge in [-0.25, -0.2) is 0 Å². The molecule has 0 bridgehead atoms. The lowest BCUT2D eigenvalue weighted by Crippen LogP contribution is -2.15. The van der Waals surface area contributed by atoms with E-state index in [4.69, 9.17) is 0 Å². The molecule has 1 aliphatic carbocycles. The SMILES string of the molecule is O=CC1=CC(=O)CC(C=O)C1. The number of aldehydes is 2. The molecule has 1 unspecified atom stereocenters. The maximum atomic E-state index is 10.8. The van der Waals surface area contributed by atoms with E-state index >= 15 is 0 Å². The molecule has 0 aromatic heterocycles. The van der Waals surface area contributed by atoms with E-state index in [-0.39, 0.29) is 18.1 Å². The number of carbonyl (C=O) groups excluding carboxylic acids is 3. The van der Waals surface area contributed by atoms with E-state index in [0.717, 1.165) is 6.29 Å². The lowest BCUT2D eigenvalue weighted by Gasteiger charge is -2.12. The molecule has 3 nitrogen and oxygen atoms in total. The molecular formula is C8H8O3. The van der Waals surface area contributed by atoms with E-state index in [1.165, 1.54) is 6.08 Å². The fourth-order valence-corrected chi connectivity index (χ4v) is 1.14. The molecule has 0 N–H and O–H groups in total. The van der Waals surface area contributed by atoms with Crippen LogP contribution in [-0.2, 0) is 14.4 Å². The Kier molecular flexibility index (Phi) is 2.31. The Hall–Kier alpha value is -1.25. The van der Waals surface area contributed by atoms with E-state index in [9.17, 15) is 14.4 Å². The van der Waals surface area contributed by atoms with Crippen LogP contribution in [0, 0.1) is 5.92 Å². The number of hydrogen-bond acceptors (Lipinski definition) is 3. The molecular weight excluding hydrogens is 144 g/mol. The largest absolute Gasteiger partial charge is 0.303 e. The van der Waals surface area contributed by atoms with Gasteiger partial charge in [0, 0.05) is 12.3 Å². The normalized spacial score (nSPS) is 24.2. The van der Waals surface area contributed by atoms with Crippen LogP contribution < -0.4 is 0 Å². The van der Waals surface area contributed by atoms with Crippen molar-refractivity contribution >= 4 is 18.4 Å². The van der Waals surface area contributed by atoms with Crippen LogP contribution in [0.4, 0.5) is 0 Å². The van der Waals surface area contributed by atoms with Gasteiger partial charge >= 0.3 is 0 Å². The molecule has 3 heteroatoms. The van der Waals surface area contributed by atoms with E-state index in [2.05, 4.69) is 0 Å². The van der Waals surface area contributed by atoms with Gasteiger partial charge in [-0.05, 0) is 18.1 Å². The first-order chi connectivity index (χ1) is 5.26. The van der Waals surface area contributed by atoms with Crippen molar-refractivity contribution in [2.45, 2.75) is 12.8 Å². The molecule has 1 rings (SSSR count). The second kappa shape index (κ2) is 3.23. The Morgan fingerprint density at radius 2 is 2.09 bits per heavy atom. The maximum Gasteiger partial charge on any atom is 0.156 e. The molecule has 58 valence electrons. The summed E-state index contributed by atoms with van der Waals surface area (Å²) in [6.45, 7) is 0. The van der Waals surface area contributed by atoms with E-state index in [0.29, 0.717) is 18.3 Å². The molecule has 0 aliphatic heterocycles. The van der Waals surface area contributed by atoms with Crippen LogP contribution in [0.15, 0.2) is 11.6 Å². The van der Waals surface area contributed by atoms with Crippen molar-refractivity contribution in [3.05, 3.63) is 11.6 Å². The Labute approximate surface area is 64.1 Å². The number of hydrogen-bond donors (Lipinski definition) is 0. The highest BCUT2D eigenvalue weighted by molar-refractivity contribution is 5.98. The smallest absolute Gasteiger partial charge is 0.156 e. The van der Waals surface area contributed by atoms with Gasteiger partial charge in [-0.1, -0.05) is 0 Å². The van der Waals surface area contributed by atoms with Crippen LogP contribution in [0.3, 0.4) is 0 Å². The highest BCUT2D eigenvalue weighted by Crippen LogP contribution is 2.18. The third-order valence-corrected chi connectivity index (χ3v) is 1.65. The molecule has 0 aromatic carbocycles. The van der Waals surface area contributed by atoms with Crippen molar-refractivity contribution in [2.75, 3.05) is 0 Å². The van der Waals surface area contributed by atoms with E-state index in [1.807, 2.05) is 0 Å². The molecule has 0 amide bonds. The highest BCUT2D eigenvalue weighted by Gasteiger charge is 2.19. The van der Waals surface area contributed by atoms with Crippen molar-refractivity contribution in [1.82, 2.24) is 0 Å². The van der Waals surface area contributed by atoms with Gasteiger partial charge in [-0.3, -0.25) is 9.59 Å². The summed E-state index contributed by atoms with van der Waals surface area (Å²) in [7, 11) is 0. The van der Waals surface area contributed by atoms with Gasteiger partial charge in [0.15, 0.2) is 5.78 Å². The van der Waals surface area contributed by atoms with Crippen LogP contribution in [0.2, 0.25) is 0 Å². The highest BCUT2D eigenvalue weighted by atomic mass is 16.1. The summed E-state index contributed by atoms with van der Waals surface area (Å²) in [5, 5.41) is 0. The van der Waals surface area contributed by atoms with Crippen LogP contribution in [0.25, 0.3) is 0 Å². The number of rotatable bonds is 2. The molecule has 1 aliphatic rings. The summed E-state index contributed by atoms with van der Waals surface area (Å²) < 4.78 is 0. The third-order valence-electron chi connectivity index (χ3n) is 1.65. The molecule has 11 heavy (non-hydrogen) atoms. The van der Waals surface area contributed by atoms with Gasteiger partial charge in [0.1, 0.15) is 12.6 Å². The van der Waals surface area contributed by atoms with Gasteiger partial charge in [0.2, 0.25) is 0 Å². The van der Waals surface area contributed by atoms with Crippen molar-refractivity contribution in [1.29, 1.82) is 0 Å². The van der Waals surface area contributed by atoms with Gasteiger partial charge < -0.3 is 4.79 Å². The number of carbonyl (C=O) groups is 3. The summed E-state index contributed by atoms with van der Waals surface area (Å²) >= 11 is 0. The first-order valence-electron chi connectivity index (χ1n) is 3.40. The minimum absolute atomic E-state index is 0.129. The average Bonchev–Trinajstić information content (AvgIpc) is 2.03. The Balaban J connectivity index is 2.76. The number of ketones is 1. The van der Waals surface area contributed by atoms with Crippen molar-refractivity contribution in [3.8, 4) is 0 Å². The van der Waals surface area contributed by atoms with Crippen LogP contribution in [-0.4, -0.2) is 18.4 Å². The monoisotopic (exact) mass is 152 g/mol. The summed E-state index contributed by atoms with van der Waals surface area (Å²) in [5.74, 6) is -0.414. The summed E-state index contributed by atoms with van der Waals surface area (Å²) in [5.41, 5.74) is 0.429.